The summed E-state index contributed by atoms with van der Waals surface area (Å²) in [5, 5.41) is 0. The molecule has 0 radical (unpaired) electrons. The van der Waals surface area contributed by atoms with Crippen LogP contribution >= 0.6 is 0 Å². The van der Waals surface area contributed by atoms with E-state index in [0.717, 1.165) is 12.0 Å². The number of ether oxygens (including phenoxy) is 1. The smallest absolute Gasteiger partial charge is 0.333 e. The van der Waals surface area contributed by atoms with Gasteiger partial charge in [0.15, 0.2) is 0 Å². The van der Waals surface area contributed by atoms with Crippen LogP contribution in [0, 0.1) is 11.8 Å². The lowest BCUT2D eigenvalue weighted by Gasteiger charge is -2.05. The minimum Gasteiger partial charge on any atom is -0.466 e. The number of allylic oxidation sites excluding steroid dienone is 1. The van der Waals surface area contributed by atoms with Gasteiger partial charge in [-0.2, -0.15) is 0 Å². The van der Waals surface area contributed by atoms with Crippen LogP contribution in [0.15, 0.2) is 11.6 Å². The van der Waals surface area contributed by atoms with Crippen LogP contribution in [-0.2, 0) is 9.53 Å². The Morgan fingerprint density at radius 3 is 2.64 bits per heavy atom. The summed E-state index contributed by atoms with van der Waals surface area (Å²) in [5.41, 5.74) is 0.840. The number of hydrogen-bond donors (Lipinski definition) is 0. The molecule has 1 aliphatic carbocycles. The molecular formula is C9H14O2. The number of carbonyl (C=O) groups is 1. The molecule has 0 fully saturated rings. The molecule has 0 aromatic heterocycles. The predicted octanol–water partition coefficient (Wildman–Crippen LogP) is 1.76. The molecule has 0 heterocycles. The number of hydrogen-bond acceptors (Lipinski definition) is 2. The minimum atomic E-state index is -0.166. The van der Waals surface area contributed by atoms with E-state index in [9.17, 15) is 4.79 Å². The molecular weight excluding hydrogens is 140 g/mol. The fraction of sp³-hybridized carbons (Fsp3) is 0.667. The van der Waals surface area contributed by atoms with Crippen LogP contribution < -0.4 is 0 Å². The summed E-state index contributed by atoms with van der Waals surface area (Å²) in [5.74, 6) is 0.939. The van der Waals surface area contributed by atoms with E-state index in [2.05, 4.69) is 18.6 Å². The average Bonchev–Trinajstić information content (AvgIpc) is 2.31. The lowest BCUT2D eigenvalue weighted by Crippen LogP contribution is -2.03. The van der Waals surface area contributed by atoms with E-state index >= 15 is 0 Å². The molecule has 2 heteroatoms. The van der Waals surface area contributed by atoms with Crippen molar-refractivity contribution in [3.63, 3.8) is 0 Å². The molecule has 0 aliphatic heterocycles. The van der Waals surface area contributed by atoms with Crippen molar-refractivity contribution in [1.82, 2.24) is 0 Å². The average molecular weight is 154 g/mol. The summed E-state index contributed by atoms with van der Waals surface area (Å²) in [6, 6.07) is 0. The summed E-state index contributed by atoms with van der Waals surface area (Å²) in [6.07, 6.45) is 2.88. The fourth-order valence-corrected chi connectivity index (χ4v) is 1.36. The van der Waals surface area contributed by atoms with E-state index in [4.69, 9.17) is 0 Å². The molecule has 0 bridgehead atoms. The molecule has 0 spiro atoms. The summed E-state index contributed by atoms with van der Waals surface area (Å²) in [4.78, 5) is 11.0. The van der Waals surface area contributed by atoms with Crippen molar-refractivity contribution in [2.75, 3.05) is 7.11 Å². The molecule has 0 N–H and O–H groups in total. The summed E-state index contributed by atoms with van der Waals surface area (Å²) in [7, 11) is 1.43. The Morgan fingerprint density at radius 2 is 2.27 bits per heavy atom. The van der Waals surface area contributed by atoms with Crippen LogP contribution in [0.25, 0.3) is 0 Å². The van der Waals surface area contributed by atoms with Gasteiger partial charge in [-0.15, -0.1) is 0 Å². The Morgan fingerprint density at radius 1 is 1.64 bits per heavy atom. The Bertz CT molecular complexity index is 194. The molecule has 2 unspecified atom stereocenters. The molecule has 2 nitrogen and oxygen atoms in total. The van der Waals surface area contributed by atoms with Crippen molar-refractivity contribution in [2.24, 2.45) is 11.8 Å². The highest BCUT2D eigenvalue weighted by atomic mass is 16.5. The van der Waals surface area contributed by atoms with Gasteiger partial charge in [0, 0.05) is 5.57 Å². The number of rotatable bonds is 1. The van der Waals surface area contributed by atoms with Gasteiger partial charge in [0.05, 0.1) is 7.11 Å². The summed E-state index contributed by atoms with van der Waals surface area (Å²) < 4.78 is 4.62. The van der Waals surface area contributed by atoms with Crippen LogP contribution in [-0.4, -0.2) is 13.1 Å². The number of carbonyl (C=O) groups excluding carboxylic acids is 1. The Hall–Kier alpha value is -0.790. The van der Waals surface area contributed by atoms with Gasteiger partial charge in [-0.3, -0.25) is 0 Å². The van der Waals surface area contributed by atoms with E-state index in [1.807, 2.05) is 6.08 Å². The van der Waals surface area contributed by atoms with Gasteiger partial charge in [0.1, 0.15) is 0 Å². The molecule has 0 saturated carbocycles. The maximum atomic E-state index is 11.0. The Balaban J connectivity index is 2.63. The third kappa shape index (κ3) is 1.62. The second kappa shape index (κ2) is 3.07. The highest BCUT2D eigenvalue weighted by Gasteiger charge is 2.24. The van der Waals surface area contributed by atoms with Crippen LogP contribution in [0.1, 0.15) is 20.3 Å². The Kier molecular flexibility index (Phi) is 2.32. The summed E-state index contributed by atoms with van der Waals surface area (Å²) >= 11 is 0. The molecule has 0 aromatic rings. The van der Waals surface area contributed by atoms with Crippen molar-refractivity contribution in [1.29, 1.82) is 0 Å². The van der Waals surface area contributed by atoms with Gasteiger partial charge in [0.25, 0.3) is 0 Å². The van der Waals surface area contributed by atoms with E-state index in [1.165, 1.54) is 7.11 Å². The van der Waals surface area contributed by atoms with Crippen molar-refractivity contribution in [3.05, 3.63) is 11.6 Å². The van der Waals surface area contributed by atoms with Gasteiger partial charge in [-0.25, -0.2) is 4.79 Å². The van der Waals surface area contributed by atoms with E-state index in [-0.39, 0.29) is 5.97 Å². The molecule has 11 heavy (non-hydrogen) atoms. The largest absolute Gasteiger partial charge is 0.466 e. The third-order valence-electron chi connectivity index (χ3n) is 2.35. The molecule has 0 amide bonds. The molecule has 1 aliphatic rings. The van der Waals surface area contributed by atoms with Crippen LogP contribution in [0.3, 0.4) is 0 Å². The lowest BCUT2D eigenvalue weighted by atomic mass is 10.00. The number of esters is 1. The highest BCUT2D eigenvalue weighted by molar-refractivity contribution is 5.88. The third-order valence-corrected chi connectivity index (χ3v) is 2.35. The van der Waals surface area contributed by atoms with Gasteiger partial charge < -0.3 is 4.74 Å². The van der Waals surface area contributed by atoms with Gasteiger partial charge >= 0.3 is 5.97 Å². The van der Waals surface area contributed by atoms with Gasteiger partial charge in [-0.05, 0) is 18.3 Å². The van der Waals surface area contributed by atoms with E-state index in [1.54, 1.807) is 0 Å². The monoisotopic (exact) mass is 154 g/mol. The van der Waals surface area contributed by atoms with E-state index in [0.29, 0.717) is 11.8 Å². The van der Waals surface area contributed by atoms with Gasteiger partial charge in [0.2, 0.25) is 0 Å². The molecule has 1 rings (SSSR count). The van der Waals surface area contributed by atoms with Crippen molar-refractivity contribution < 1.29 is 9.53 Å². The first kappa shape index (κ1) is 8.31. The van der Waals surface area contributed by atoms with Gasteiger partial charge in [-0.1, -0.05) is 19.9 Å². The van der Waals surface area contributed by atoms with E-state index < -0.39 is 0 Å². The summed E-state index contributed by atoms with van der Waals surface area (Å²) in [6.45, 7) is 4.28. The maximum Gasteiger partial charge on any atom is 0.333 e. The van der Waals surface area contributed by atoms with Crippen molar-refractivity contribution >= 4 is 5.97 Å². The highest BCUT2D eigenvalue weighted by Crippen LogP contribution is 2.30. The second-order valence-corrected chi connectivity index (χ2v) is 3.22. The number of methoxy groups -OCH3 is 1. The first-order valence-corrected chi connectivity index (χ1v) is 3.94. The first-order chi connectivity index (χ1) is 5.15. The zero-order valence-corrected chi connectivity index (χ0v) is 7.26. The minimum absolute atomic E-state index is 0.166. The quantitative estimate of drug-likeness (QED) is 0.538. The topological polar surface area (TPSA) is 26.3 Å². The predicted molar refractivity (Wildman–Crippen MR) is 43.0 cm³/mol. The zero-order chi connectivity index (χ0) is 8.43. The lowest BCUT2D eigenvalue weighted by molar-refractivity contribution is -0.136. The normalized spacial score (nSPS) is 29.9. The molecule has 0 aromatic carbocycles. The van der Waals surface area contributed by atoms with Crippen molar-refractivity contribution in [3.8, 4) is 0 Å². The van der Waals surface area contributed by atoms with Crippen LogP contribution in [0.2, 0.25) is 0 Å². The SMILES string of the molecule is COC(=O)C1=CC(C)C(C)C1. The maximum absolute atomic E-state index is 11.0. The standard InChI is InChI=1S/C9H14O2/c1-6-4-8(5-7(6)2)9(10)11-3/h4,6-7H,5H2,1-3H3. The zero-order valence-electron chi connectivity index (χ0n) is 7.26. The van der Waals surface area contributed by atoms with Crippen LogP contribution in [0.5, 0.6) is 0 Å². The first-order valence-electron chi connectivity index (χ1n) is 3.94. The molecule has 62 valence electrons. The fourth-order valence-electron chi connectivity index (χ4n) is 1.36. The Labute approximate surface area is 67.2 Å². The second-order valence-electron chi connectivity index (χ2n) is 3.22. The van der Waals surface area contributed by atoms with Crippen molar-refractivity contribution in [2.45, 2.75) is 20.3 Å². The molecule has 0 saturated heterocycles. The molecule has 2 atom stereocenters. The van der Waals surface area contributed by atoms with Crippen LogP contribution in [0.4, 0.5) is 0 Å².